The second-order valence-electron chi connectivity index (χ2n) is 5.44. The van der Waals surface area contributed by atoms with Crippen LogP contribution in [0.1, 0.15) is 11.3 Å². The summed E-state index contributed by atoms with van der Waals surface area (Å²) in [5.41, 5.74) is 4.18. The Morgan fingerprint density at radius 2 is 1.75 bits per heavy atom. The molecule has 5 nitrogen and oxygen atoms in total. The lowest BCUT2D eigenvalue weighted by atomic mass is 10.2. The highest BCUT2D eigenvalue weighted by Crippen LogP contribution is 2.30. The van der Waals surface area contributed by atoms with E-state index in [1.165, 1.54) is 0 Å². The predicted octanol–water partition coefficient (Wildman–Crippen LogP) is 3.81. The van der Waals surface area contributed by atoms with Crippen molar-refractivity contribution < 1.29 is 9.47 Å². The van der Waals surface area contributed by atoms with E-state index >= 15 is 0 Å². The van der Waals surface area contributed by atoms with Gasteiger partial charge in [0.05, 0.1) is 25.6 Å². The Morgan fingerprint density at radius 1 is 1.00 bits per heavy atom. The van der Waals surface area contributed by atoms with Gasteiger partial charge in [-0.15, -0.1) is 0 Å². The van der Waals surface area contributed by atoms with Gasteiger partial charge in [-0.2, -0.15) is 5.10 Å². The number of methoxy groups -OCH3 is 2. The molecule has 1 aromatic heterocycles. The maximum atomic E-state index is 5.33. The molecule has 0 saturated heterocycles. The van der Waals surface area contributed by atoms with E-state index in [1.54, 1.807) is 14.2 Å². The van der Waals surface area contributed by atoms with Gasteiger partial charge in [0.1, 0.15) is 0 Å². The number of nitrogens with zero attached hydrogens (tertiary/aromatic N) is 2. The monoisotopic (exact) mass is 323 g/mol. The highest BCUT2D eigenvalue weighted by Gasteiger charge is 2.08. The molecule has 24 heavy (non-hydrogen) atoms. The van der Waals surface area contributed by atoms with Crippen molar-refractivity contribution in [1.29, 1.82) is 0 Å². The maximum absolute atomic E-state index is 5.33. The highest BCUT2D eigenvalue weighted by atomic mass is 16.5. The number of aromatic nitrogens is 2. The van der Waals surface area contributed by atoms with Crippen LogP contribution in [0.2, 0.25) is 0 Å². The zero-order valence-corrected chi connectivity index (χ0v) is 14.1. The summed E-state index contributed by atoms with van der Waals surface area (Å²) < 4.78 is 12.5. The van der Waals surface area contributed by atoms with Crippen molar-refractivity contribution in [2.75, 3.05) is 19.5 Å². The van der Waals surface area contributed by atoms with Gasteiger partial charge in [-0.3, -0.25) is 0 Å². The van der Waals surface area contributed by atoms with Gasteiger partial charge < -0.3 is 14.8 Å². The summed E-state index contributed by atoms with van der Waals surface area (Å²) in [7, 11) is 3.27. The fraction of sp³-hybridized carbons (Fsp3) is 0.211. The average molecular weight is 323 g/mol. The standard InChI is InChI=1S/C19H21N3O2/c1-14-15(13-22(21-14)17-7-5-4-6-8-17)12-20-16-9-10-18(23-2)19(11-16)24-3/h4-11,13,20H,12H2,1-3H3. The fourth-order valence-electron chi connectivity index (χ4n) is 2.53. The Bertz CT molecular complexity index is 813. The number of nitrogens with one attached hydrogen (secondary N) is 1. The summed E-state index contributed by atoms with van der Waals surface area (Å²) >= 11 is 0. The summed E-state index contributed by atoms with van der Waals surface area (Å²) in [5, 5.41) is 7.99. The number of para-hydroxylation sites is 1. The van der Waals surface area contributed by atoms with Crippen LogP contribution in [0.3, 0.4) is 0 Å². The molecule has 0 amide bonds. The topological polar surface area (TPSA) is 48.3 Å². The van der Waals surface area contributed by atoms with Crippen LogP contribution in [0.25, 0.3) is 5.69 Å². The largest absolute Gasteiger partial charge is 0.493 e. The summed E-state index contributed by atoms with van der Waals surface area (Å²) in [6, 6.07) is 15.9. The van der Waals surface area contributed by atoms with Crippen molar-refractivity contribution in [3.63, 3.8) is 0 Å². The first-order valence-corrected chi connectivity index (χ1v) is 7.77. The van der Waals surface area contributed by atoms with Gasteiger partial charge >= 0.3 is 0 Å². The Morgan fingerprint density at radius 3 is 2.46 bits per heavy atom. The van der Waals surface area contributed by atoms with Crippen molar-refractivity contribution in [1.82, 2.24) is 9.78 Å². The van der Waals surface area contributed by atoms with E-state index in [0.29, 0.717) is 12.3 Å². The van der Waals surface area contributed by atoms with Gasteiger partial charge in [0.15, 0.2) is 11.5 Å². The Kier molecular flexibility index (Phi) is 4.70. The molecule has 0 saturated carbocycles. The third-order valence-corrected chi connectivity index (χ3v) is 3.89. The smallest absolute Gasteiger partial charge is 0.162 e. The number of hydrogen-bond donors (Lipinski definition) is 1. The number of aryl methyl sites for hydroxylation is 1. The third-order valence-electron chi connectivity index (χ3n) is 3.89. The first kappa shape index (κ1) is 15.9. The molecule has 0 radical (unpaired) electrons. The Hall–Kier alpha value is -2.95. The first-order valence-electron chi connectivity index (χ1n) is 7.77. The maximum Gasteiger partial charge on any atom is 0.162 e. The Labute approximate surface area is 141 Å². The van der Waals surface area contributed by atoms with Gasteiger partial charge in [0.25, 0.3) is 0 Å². The molecule has 2 aromatic carbocycles. The van der Waals surface area contributed by atoms with Crippen molar-refractivity contribution in [3.05, 3.63) is 66.0 Å². The lowest BCUT2D eigenvalue weighted by Crippen LogP contribution is -2.00. The van der Waals surface area contributed by atoms with Gasteiger partial charge in [0, 0.05) is 30.1 Å². The number of ether oxygens (including phenoxy) is 2. The molecule has 1 N–H and O–H groups in total. The van der Waals surface area contributed by atoms with E-state index in [-0.39, 0.29) is 0 Å². The normalized spacial score (nSPS) is 10.5. The van der Waals surface area contributed by atoms with Crippen molar-refractivity contribution in [2.24, 2.45) is 0 Å². The molecule has 0 aliphatic carbocycles. The summed E-state index contributed by atoms with van der Waals surface area (Å²) in [6.07, 6.45) is 2.05. The molecule has 124 valence electrons. The van der Waals surface area contributed by atoms with E-state index in [4.69, 9.17) is 9.47 Å². The van der Waals surface area contributed by atoms with Crippen LogP contribution in [-0.4, -0.2) is 24.0 Å². The zero-order chi connectivity index (χ0) is 16.9. The van der Waals surface area contributed by atoms with Crippen LogP contribution in [0, 0.1) is 6.92 Å². The SMILES string of the molecule is COc1ccc(NCc2cn(-c3ccccc3)nc2C)cc1OC. The molecule has 3 aromatic rings. The minimum atomic E-state index is 0.689. The van der Waals surface area contributed by atoms with Gasteiger partial charge in [-0.1, -0.05) is 18.2 Å². The van der Waals surface area contributed by atoms with Crippen molar-refractivity contribution in [3.8, 4) is 17.2 Å². The molecule has 3 rings (SSSR count). The van der Waals surface area contributed by atoms with E-state index < -0.39 is 0 Å². The van der Waals surface area contributed by atoms with E-state index in [0.717, 1.165) is 28.4 Å². The van der Waals surface area contributed by atoms with Crippen LogP contribution in [0.4, 0.5) is 5.69 Å². The first-order chi connectivity index (χ1) is 11.7. The van der Waals surface area contributed by atoms with Crippen LogP contribution in [0.5, 0.6) is 11.5 Å². The number of rotatable bonds is 6. The second-order valence-corrected chi connectivity index (χ2v) is 5.44. The minimum Gasteiger partial charge on any atom is -0.493 e. The molecule has 0 unspecified atom stereocenters. The van der Waals surface area contributed by atoms with Crippen LogP contribution in [-0.2, 0) is 6.54 Å². The number of anilines is 1. The van der Waals surface area contributed by atoms with Crippen LogP contribution < -0.4 is 14.8 Å². The predicted molar refractivity (Wildman–Crippen MR) is 95.2 cm³/mol. The number of hydrogen-bond acceptors (Lipinski definition) is 4. The lowest BCUT2D eigenvalue weighted by Gasteiger charge is -2.11. The van der Waals surface area contributed by atoms with Crippen molar-refractivity contribution in [2.45, 2.75) is 13.5 Å². The molecular weight excluding hydrogens is 302 g/mol. The van der Waals surface area contributed by atoms with E-state index in [9.17, 15) is 0 Å². The molecule has 0 aliphatic rings. The molecule has 5 heteroatoms. The van der Waals surface area contributed by atoms with Gasteiger partial charge in [-0.05, 0) is 31.2 Å². The van der Waals surface area contributed by atoms with Gasteiger partial charge in [-0.25, -0.2) is 4.68 Å². The molecule has 0 spiro atoms. The quantitative estimate of drug-likeness (QED) is 0.749. The summed E-state index contributed by atoms with van der Waals surface area (Å²) in [6.45, 7) is 2.71. The summed E-state index contributed by atoms with van der Waals surface area (Å²) in [4.78, 5) is 0. The molecule has 1 heterocycles. The lowest BCUT2D eigenvalue weighted by molar-refractivity contribution is 0.355. The highest BCUT2D eigenvalue weighted by molar-refractivity contribution is 5.55. The number of benzene rings is 2. The van der Waals surface area contributed by atoms with E-state index in [1.807, 2.05) is 60.1 Å². The molecule has 0 fully saturated rings. The molecule has 0 bridgehead atoms. The minimum absolute atomic E-state index is 0.689. The zero-order valence-electron chi connectivity index (χ0n) is 14.1. The second kappa shape index (κ2) is 7.08. The van der Waals surface area contributed by atoms with Gasteiger partial charge in [0.2, 0.25) is 0 Å². The van der Waals surface area contributed by atoms with Crippen molar-refractivity contribution >= 4 is 5.69 Å². The van der Waals surface area contributed by atoms with Crippen LogP contribution >= 0.6 is 0 Å². The Balaban J connectivity index is 1.74. The molecule has 0 aliphatic heterocycles. The fourth-order valence-corrected chi connectivity index (χ4v) is 2.53. The molecular formula is C19H21N3O2. The average Bonchev–Trinajstić information content (AvgIpc) is 3.01. The summed E-state index contributed by atoms with van der Waals surface area (Å²) in [5.74, 6) is 1.43. The molecule has 0 atom stereocenters. The van der Waals surface area contributed by atoms with E-state index in [2.05, 4.69) is 16.6 Å². The van der Waals surface area contributed by atoms with Crippen LogP contribution in [0.15, 0.2) is 54.7 Å². The third kappa shape index (κ3) is 3.35.